The Morgan fingerprint density at radius 2 is 1.72 bits per heavy atom. The van der Waals surface area contributed by atoms with Crippen LogP contribution in [0.1, 0.15) is 0 Å². The summed E-state index contributed by atoms with van der Waals surface area (Å²) in [6, 6.07) is 16.5. The van der Waals surface area contributed by atoms with Gasteiger partial charge in [-0.3, -0.25) is 14.3 Å². The van der Waals surface area contributed by atoms with Crippen LogP contribution >= 0.6 is 0 Å². The van der Waals surface area contributed by atoms with Gasteiger partial charge in [-0.2, -0.15) is 4.31 Å². The average Bonchev–Trinajstić information content (AvgIpc) is 2.78. The molecule has 8 nitrogen and oxygen atoms in total. The van der Waals surface area contributed by atoms with Crippen LogP contribution < -0.4 is 16.2 Å². The summed E-state index contributed by atoms with van der Waals surface area (Å²) >= 11 is 0. The molecule has 3 heterocycles. The number of nitrogens with two attached hydrogens (primary N) is 1. The first-order valence-corrected chi connectivity index (χ1v) is 12.2. The van der Waals surface area contributed by atoms with Crippen LogP contribution in [0.3, 0.4) is 0 Å². The Labute approximate surface area is 185 Å². The van der Waals surface area contributed by atoms with Crippen LogP contribution in [0.25, 0.3) is 27.5 Å². The van der Waals surface area contributed by atoms with Gasteiger partial charge in [0.25, 0.3) is 5.56 Å². The van der Waals surface area contributed by atoms with Crippen molar-refractivity contribution in [1.82, 2.24) is 13.9 Å². The van der Waals surface area contributed by atoms with Crippen LogP contribution in [0, 0.1) is 0 Å². The summed E-state index contributed by atoms with van der Waals surface area (Å²) in [7, 11) is -3.18. The fourth-order valence-electron chi connectivity index (χ4n) is 4.29. The lowest BCUT2D eigenvalue weighted by Crippen LogP contribution is -2.48. The van der Waals surface area contributed by atoms with Gasteiger partial charge in [-0.05, 0) is 42.5 Å². The van der Waals surface area contributed by atoms with Crippen LogP contribution in [-0.4, -0.2) is 54.7 Å². The Kier molecular flexibility index (Phi) is 4.87. The molecule has 1 aliphatic rings. The first-order chi connectivity index (χ1) is 15.3. The molecule has 9 heteroatoms. The predicted molar refractivity (Wildman–Crippen MR) is 128 cm³/mol. The molecule has 0 bridgehead atoms. The number of anilines is 2. The number of rotatable bonds is 3. The maximum Gasteiger partial charge on any atom is 0.255 e. The second-order valence-electron chi connectivity index (χ2n) is 8.01. The first kappa shape index (κ1) is 20.5. The fourth-order valence-corrected chi connectivity index (χ4v) is 5.12. The second kappa shape index (κ2) is 7.61. The summed E-state index contributed by atoms with van der Waals surface area (Å²) in [6.07, 6.45) is 3.01. The molecule has 2 aromatic carbocycles. The van der Waals surface area contributed by atoms with E-state index in [4.69, 9.17) is 5.73 Å². The minimum absolute atomic E-state index is 0.142. The van der Waals surface area contributed by atoms with Crippen LogP contribution in [0.5, 0.6) is 0 Å². The molecule has 32 heavy (non-hydrogen) atoms. The summed E-state index contributed by atoms with van der Waals surface area (Å²) < 4.78 is 26.7. The molecule has 1 saturated heterocycles. The summed E-state index contributed by atoms with van der Waals surface area (Å²) in [6.45, 7) is 2.13. The number of hydrogen-bond donors (Lipinski definition) is 1. The monoisotopic (exact) mass is 449 g/mol. The van der Waals surface area contributed by atoms with E-state index in [1.165, 1.54) is 16.6 Å². The van der Waals surface area contributed by atoms with Gasteiger partial charge in [0.1, 0.15) is 0 Å². The van der Waals surface area contributed by atoms with Crippen molar-refractivity contribution in [1.29, 1.82) is 0 Å². The van der Waals surface area contributed by atoms with Crippen LogP contribution in [0.15, 0.2) is 65.6 Å². The van der Waals surface area contributed by atoms with E-state index in [1.807, 2.05) is 30.3 Å². The van der Waals surface area contributed by atoms with Gasteiger partial charge in [0.15, 0.2) is 0 Å². The molecule has 2 N–H and O–H groups in total. The Morgan fingerprint density at radius 1 is 0.938 bits per heavy atom. The minimum atomic E-state index is -3.18. The van der Waals surface area contributed by atoms with Gasteiger partial charge in [0.2, 0.25) is 10.0 Å². The summed E-state index contributed by atoms with van der Waals surface area (Å²) in [5, 5.41) is 1.72. The molecule has 1 aliphatic heterocycles. The van der Waals surface area contributed by atoms with Gasteiger partial charge in [-0.15, -0.1) is 0 Å². The van der Waals surface area contributed by atoms with Crippen molar-refractivity contribution in [2.24, 2.45) is 0 Å². The number of nitrogens with zero attached hydrogens (tertiary/aromatic N) is 4. The first-order valence-electron chi connectivity index (χ1n) is 10.3. The molecule has 0 saturated carbocycles. The van der Waals surface area contributed by atoms with E-state index in [-0.39, 0.29) is 5.56 Å². The van der Waals surface area contributed by atoms with E-state index < -0.39 is 10.0 Å². The molecule has 0 spiro atoms. The zero-order chi connectivity index (χ0) is 22.5. The molecule has 0 aliphatic carbocycles. The fraction of sp³-hybridized carbons (Fsp3) is 0.217. The van der Waals surface area contributed by atoms with Gasteiger partial charge in [0, 0.05) is 60.6 Å². The van der Waals surface area contributed by atoms with Crippen molar-refractivity contribution in [2.75, 3.05) is 43.1 Å². The second-order valence-corrected chi connectivity index (χ2v) is 10.00. The zero-order valence-corrected chi connectivity index (χ0v) is 18.4. The van der Waals surface area contributed by atoms with Crippen molar-refractivity contribution in [3.8, 4) is 5.69 Å². The maximum atomic E-state index is 12.9. The summed E-state index contributed by atoms with van der Waals surface area (Å²) in [5.41, 5.74) is 9.64. The van der Waals surface area contributed by atoms with Crippen LogP contribution in [-0.2, 0) is 10.0 Å². The number of sulfonamides is 1. The van der Waals surface area contributed by atoms with Crippen LogP contribution in [0.4, 0.5) is 11.4 Å². The van der Waals surface area contributed by atoms with Crippen molar-refractivity contribution in [2.45, 2.75) is 0 Å². The van der Waals surface area contributed by atoms with Crippen molar-refractivity contribution in [3.63, 3.8) is 0 Å². The molecule has 2 aromatic heterocycles. The van der Waals surface area contributed by atoms with E-state index in [2.05, 4.69) is 9.88 Å². The highest BCUT2D eigenvalue weighted by Crippen LogP contribution is 2.29. The van der Waals surface area contributed by atoms with Crippen LogP contribution in [0.2, 0.25) is 0 Å². The van der Waals surface area contributed by atoms with E-state index in [0.717, 1.165) is 27.5 Å². The quantitative estimate of drug-likeness (QED) is 0.380. The number of benzene rings is 2. The summed E-state index contributed by atoms with van der Waals surface area (Å²) in [5.74, 6) is 0. The Morgan fingerprint density at radius 3 is 2.44 bits per heavy atom. The number of fused-ring (bicyclic) bond motifs is 3. The molecule has 5 rings (SSSR count). The Balaban J connectivity index is 1.61. The SMILES string of the molecule is CS(=O)(=O)N1CCN(c2ccc3c(c2)ncc2ccc(=O)n(-c4cccc(N)c4)c23)CC1. The van der Waals surface area contributed by atoms with Gasteiger partial charge in [0.05, 0.1) is 23.0 Å². The molecule has 0 amide bonds. The number of aromatic nitrogens is 2. The molecule has 0 atom stereocenters. The Bertz CT molecular complexity index is 1510. The van der Waals surface area contributed by atoms with E-state index in [1.54, 1.807) is 29.0 Å². The van der Waals surface area contributed by atoms with Crippen molar-refractivity contribution in [3.05, 3.63) is 71.1 Å². The topological polar surface area (TPSA) is 102 Å². The smallest absolute Gasteiger partial charge is 0.255 e. The van der Waals surface area contributed by atoms with Crippen molar-refractivity contribution < 1.29 is 8.42 Å². The third-order valence-corrected chi connectivity index (χ3v) is 7.21. The average molecular weight is 450 g/mol. The number of piperazine rings is 1. The summed E-state index contributed by atoms with van der Waals surface area (Å²) in [4.78, 5) is 19.6. The van der Waals surface area contributed by atoms with Gasteiger partial charge in [-0.1, -0.05) is 6.07 Å². The number of nitrogen functional groups attached to an aromatic ring is 1. The molecule has 4 aromatic rings. The third kappa shape index (κ3) is 3.59. The maximum absolute atomic E-state index is 12.9. The molecule has 1 fully saturated rings. The van der Waals surface area contributed by atoms with E-state index in [0.29, 0.717) is 37.6 Å². The number of pyridine rings is 2. The lowest BCUT2D eigenvalue weighted by molar-refractivity contribution is 0.388. The van der Waals surface area contributed by atoms with Gasteiger partial charge >= 0.3 is 0 Å². The lowest BCUT2D eigenvalue weighted by Gasteiger charge is -2.34. The highest BCUT2D eigenvalue weighted by molar-refractivity contribution is 7.88. The van der Waals surface area contributed by atoms with Gasteiger partial charge in [-0.25, -0.2) is 8.42 Å². The Hall–Kier alpha value is -3.43. The van der Waals surface area contributed by atoms with Crippen molar-refractivity contribution >= 4 is 43.2 Å². The highest BCUT2D eigenvalue weighted by Gasteiger charge is 2.23. The van der Waals surface area contributed by atoms with E-state index in [9.17, 15) is 13.2 Å². The molecule has 164 valence electrons. The standard InChI is InChI=1S/C23H23N5O3S/c1-32(30,31)27-11-9-26(10-12-27)18-6-7-20-21(14-18)25-15-16-5-8-22(29)28(23(16)20)19-4-2-3-17(24)13-19/h2-8,13-15H,9-12,24H2,1H3. The largest absolute Gasteiger partial charge is 0.399 e. The van der Waals surface area contributed by atoms with Gasteiger partial charge < -0.3 is 10.6 Å². The molecule has 0 unspecified atom stereocenters. The minimum Gasteiger partial charge on any atom is -0.399 e. The molecular formula is C23H23N5O3S. The molecule has 0 radical (unpaired) electrons. The predicted octanol–water partition coefficient (Wildman–Crippen LogP) is 2.20. The highest BCUT2D eigenvalue weighted by atomic mass is 32.2. The normalized spacial score (nSPS) is 15.5. The van der Waals surface area contributed by atoms with E-state index >= 15 is 0 Å². The lowest BCUT2D eigenvalue weighted by atomic mass is 10.1. The number of hydrogen-bond acceptors (Lipinski definition) is 6. The zero-order valence-electron chi connectivity index (χ0n) is 17.6. The molecular weight excluding hydrogens is 426 g/mol. The third-order valence-electron chi connectivity index (χ3n) is 5.90.